The van der Waals surface area contributed by atoms with Crippen LogP contribution in [0, 0.1) is 31.1 Å². The first-order valence-electron chi connectivity index (χ1n) is 5.87. The lowest BCUT2D eigenvalue weighted by Gasteiger charge is -2.26. The summed E-state index contributed by atoms with van der Waals surface area (Å²) in [5, 5.41) is 9.05. The lowest BCUT2D eigenvalue weighted by molar-refractivity contribution is 0.615. The molecule has 1 heterocycles. The molecule has 0 saturated carbocycles. The van der Waals surface area contributed by atoms with Crippen molar-refractivity contribution in [1.82, 2.24) is 0 Å². The highest BCUT2D eigenvalue weighted by Crippen LogP contribution is 2.31. The van der Waals surface area contributed by atoms with Crippen LogP contribution < -0.4 is 4.90 Å². The minimum Gasteiger partial charge on any atom is -0.367 e. The van der Waals surface area contributed by atoms with E-state index in [9.17, 15) is 0 Å². The minimum atomic E-state index is 0.180. The topological polar surface area (TPSA) is 27.0 Å². The number of anilines is 1. The number of hydrogen-bond donors (Lipinski definition) is 0. The van der Waals surface area contributed by atoms with E-state index < -0.39 is 0 Å². The molecule has 0 aromatic heterocycles. The van der Waals surface area contributed by atoms with E-state index in [1.54, 1.807) is 0 Å². The van der Waals surface area contributed by atoms with Gasteiger partial charge in [-0.2, -0.15) is 5.26 Å². The molecule has 1 aromatic rings. The Bertz CT molecular complexity index is 431. The van der Waals surface area contributed by atoms with Crippen molar-refractivity contribution in [3.63, 3.8) is 0 Å². The maximum absolute atomic E-state index is 9.05. The Kier molecular flexibility index (Phi) is 2.87. The smallest absolute Gasteiger partial charge is 0.0681 e. The standard InChI is InChI=1S/C14H18N2/c1-10-4-5-11(2)14(8-10)16-7-6-13(9-15)12(16)3/h4-5,8,12-13H,6-7H2,1-3H3. The van der Waals surface area contributed by atoms with Crippen molar-refractivity contribution in [3.8, 4) is 6.07 Å². The summed E-state index contributed by atoms with van der Waals surface area (Å²) < 4.78 is 0. The van der Waals surface area contributed by atoms with E-state index in [4.69, 9.17) is 5.26 Å². The first kappa shape index (κ1) is 11.0. The van der Waals surface area contributed by atoms with Crippen molar-refractivity contribution in [1.29, 1.82) is 5.26 Å². The van der Waals surface area contributed by atoms with Crippen LogP contribution in [0.2, 0.25) is 0 Å². The van der Waals surface area contributed by atoms with Crippen LogP contribution in [-0.2, 0) is 0 Å². The largest absolute Gasteiger partial charge is 0.367 e. The zero-order chi connectivity index (χ0) is 11.7. The van der Waals surface area contributed by atoms with Gasteiger partial charge >= 0.3 is 0 Å². The molecule has 2 heteroatoms. The van der Waals surface area contributed by atoms with Gasteiger partial charge in [-0.05, 0) is 44.4 Å². The summed E-state index contributed by atoms with van der Waals surface area (Å²) in [7, 11) is 0. The summed E-state index contributed by atoms with van der Waals surface area (Å²) in [6, 6.07) is 9.28. The van der Waals surface area contributed by atoms with Gasteiger partial charge in [0.15, 0.2) is 0 Å². The van der Waals surface area contributed by atoms with Crippen LogP contribution in [0.4, 0.5) is 5.69 Å². The van der Waals surface area contributed by atoms with E-state index in [1.807, 2.05) is 0 Å². The molecule has 1 aliphatic rings. The number of nitriles is 1. The van der Waals surface area contributed by atoms with Crippen LogP contribution in [0.1, 0.15) is 24.5 Å². The zero-order valence-corrected chi connectivity index (χ0v) is 10.2. The molecular formula is C14H18N2. The minimum absolute atomic E-state index is 0.180. The van der Waals surface area contributed by atoms with Gasteiger partial charge in [-0.3, -0.25) is 0 Å². The molecule has 0 bridgehead atoms. The summed E-state index contributed by atoms with van der Waals surface area (Å²) >= 11 is 0. The third-order valence-electron chi connectivity index (χ3n) is 3.59. The van der Waals surface area contributed by atoms with Gasteiger partial charge in [0.1, 0.15) is 0 Å². The van der Waals surface area contributed by atoms with Gasteiger partial charge in [0.25, 0.3) is 0 Å². The molecule has 0 radical (unpaired) electrons. The van der Waals surface area contributed by atoms with Crippen molar-refractivity contribution < 1.29 is 0 Å². The summed E-state index contributed by atoms with van der Waals surface area (Å²) in [5.41, 5.74) is 3.88. The molecule has 0 N–H and O–H groups in total. The van der Waals surface area contributed by atoms with Crippen molar-refractivity contribution in [2.75, 3.05) is 11.4 Å². The number of aryl methyl sites for hydroxylation is 2. The average Bonchev–Trinajstić information content (AvgIpc) is 2.63. The highest BCUT2D eigenvalue weighted by molar-refractivity contribution is 5.56. The monoisotopic (exact) mass is 214 g/mol. The van der Waals surface area contributed by atoms with Gasteiger partial charge in [0.05, 0.1) is 12.0 Å². The van der Waals surface area contributed by atoms with E-state index in [0.29, 0.717) is 6.04 Å². The summed E-state index contributed by atoms with van der Waals surface area (Å²) in [6.45, 7) is 7.42. The molecule has 0 amide bonds. The van der Waals surface area contributed by atoms with Crippen molar-refractivity contribution in [3.05, 3.63) is 29.3 Å². The predicted molar refractivity (Wildman–Crippen MR) is 66.4 cm³/mol. The van der Waals surface area contributed by atoms with Crippen molar-refractivity contribution in [2.45, 2.75) is 33.2 Å². The Morgan fingerprint density at radius 1 is 1.38 bits per heavy atom. The van der Waals surface area contributed by atoms with E-state index in [0.717, 1.165) is 13.0 Å². The highest BCUT2D eigenvalue weighted by atomic mass is 15.2. The molecule has 2 nitrogen and oxygen atoms in total. The second-order valence-corrected chi connectivity index (χ2v) is 4.75. The second-order valence-electron chi connectivity index (χ2n) is 4.75. The van der Waals surface area contributed by atoms with Crippen LogP contribution in [0.5, 0.6) is 0 Å². The van der Waals surface area contributed by atoms with E-state index in [2.05, 4.69) is 49.9 Å². The van der Waals surface area contributed by atoms with E-state index in [-0.39, 0.29) is 5.92 Å². The van der Waals surface area contributed by atoms with E-state index >= 15 is 0 Å². The quantitative estimate of drug-likeness (QED) is 0.718. The van der Waals surface area contributed by atoms with E-state index in [1.165, 1.54) is 16.8 Å². The Labute approximate surface area is 97.5 Å². The fourth-order valence-corrected chi connectivity index (χ4v) is 2.48. The second kappa shape index (κ2) is 4.17. The third-order valence-corrected chi connectivity index (χ3v) is 3.59. The van der Waals surface area contributed by atoms with Gasteiger partial charge in [0, 0.05) is 18.3 Å². The summed E-state index contributed by atoms with van der Waals surface area (Å²) in [4.78, 5) is 2.37. The molecule has 0 aliphatic carbocycles. The maximum atomic E-state index is 9.05. The Morgan fingerprint density at radius 3 is 2.75 bits per heavy atom. The predicted octanol–water partition coefficient (Wildman–Crippen LogP) is 3.04. The van der Waals surface area contributed by atoms with Crippen LogP contribution in [0.25, 0.3) is 0 Å². The molecule has 2 atom stereocenters. The first-order valence-corrected chi connectivity index (χ1v) is 5.87. The molecule has 2 rings (SSSR count). The lowest BCUT2D eigenvalue weighted by atomic mass is 10.0. The SMILES string of the molecule is Cc1ccc(C)c(N2CCC(C#N)C2C)c1. The molecule has 1 aromatic carbocycles. The number of benzene rings is 1. The van der Waals surface area contributed by atoms with Gasteiger partial charge in [-0.25, -0.2) is 0 Å². The van der Waals surface area contributed by atoms with Gasteiger partial charge < -0.3 is 4.90 Å². The maximum Gasteiger partial charge on any atom is 0.0681 e. The Hall–Kier alpha value is -1.49. The fraction of sp³-hybridized carbons (Fsp3) is 0.500. The average molecular weight is 214 g/mol. The first-order chi connectivity index (χ1) is 7.63. The number of nitrogens with zero attached hydrogens (tertiary/aromatic N) is 2. The number of hydrogen-bond acceptors (Lipinski definition) is 2. The molecule has 2 unspecified atom stereocenters. The molecule has 84 valence electrons. The summed E-state index contributed by atoms with van der Waals surface area (Å²) in [5.74, 6) is 0.180. The fourth-order valence-electron chi connectivity index (χ4n) is 2.48. The van der Waals surface area contributed by atoms with Crippen LogP contribution in [0.15, 0.2) is 18.2 Å². The normalized spacial score (nSPS) is 24.5. The highest BCUT2D eigenvalue weighted by Gasteiger charge is 2.31. The molecule has 0 spiro atoms. The Morgan fingerprint density at radius 2 is 2.12 bits per heavy atom. The molecule has 1 aliphatic heterocycles. The molecule has 1 fully saturated rings. The summed E-state index contributed by atoms with van der Waals surface area (Å²) in [6.07, 6.45) is 0.991. The zero-order valence-electron chi connectivity index (χ0n) is 10.2. The van der Waals surface area contributed by atoms with Gasteiger partial charge in [-0.1, -0.05) is 12.1 Å². The molecular weight excluding hydrogens is 196 g/mol. The van der Waals surface area contributed by atoms with Crippen molar-refractivity contribution in [2.24, 2.45) is 5.92 Å². The lowest BCUT2D eigenvalue weighted by Crippen LogP contribution is -2.30. The van der Waals surface area contributed by atoms with Crippen LogP contribution in [0.3, 0.4) is 0 Å². The van der Waals surface area contributed by atoms with Gasteiger partial charge in [0.2, 0.25) is 0 Å². The van der Waals surface area contributed by atoms with Crippen molar-refractivity contribution >= 4 is 5.69 Å². The number of rotatable bonds is 1. The van der Waals surface area contributed by atoms with Crippen LogP contribution >= 0.6 is 0 Å². The molecule has 16 heavy (non-hydrogen) atoms. The Balaban J connectivity index is 2.32. The van der Waals surface area contributed by atoms with Crippen LogP contribution in [-0.4, -0.2) is 12.6 Å². The van der Waals surface area contributed by atoms with Gasteiger partial charge in [-0.15, -0.1) is 0 Å². The molecule has 1 saturated heterocycles. The third kappa shape index (κ3) is 1.78.